The number of benzene rings is 1. The standard InChI is InChI=1S/C17H23N3O5/c1-2-13(21)8-9-14(16(18)23)20-15(22)10-19-17(24)25-11-12-6-4-3-5-7-12/h3-7,14H,2,8-11H2,1H3,(H2,18,23)(H,19,24)(H,20,22)/t14-/m1/s1. The smallest absolute Gasteiger partial charge is 0.407 e. The number of ether oxygens (including phenoxy) is 1. The maximum absolute atomic E-state index is 11.8. The number of hydrogen-bond acceptors (Lipinski definition) is 5. The molecule has 0 saturated heterocycles. The monoisotopic (exact) mass is 349 g/mol. The Balaban J connectivity index is 2.32. The van der Waals surface area contributed by atoms with Crippen molar-refractivity contribution in [3.05, 3.63) is 35.9 Å². The van der Waals surface area contributed by atoms with Crippen molar-refractivity contribution in [3.63, 3.8) is 0 Å². The van der Waals surface area contributed by atoms with Crippen LogP contribution in [0.4, 0.5) is 4.79 Å². The van der Waals surface area contributed by atoms with Gasteiger partial charge in [-0.1, -0.05) is 37.3 Å². The summed E-state index contributed by atoms with van der Waals surface area (Å²) in [7, 11) is 0. The van der Waals surface area contributed by atoms with E-state index in [1.165, 1.54) is 0 Å². The SMILES string of the molecule is CCC(=O)CC[C@@H](NC(=O)CNC(=O)OCc1ccccc1)C(N)=O. The molecule has 0 bridgehead atoms. The Morgan fingerprint density at radius 2 is 1.84 bits per heavy atom. The fraction of sp³-hybridized carbons (Fsp3) is 0.412. The highest BCUT2D eigenvalue weighted by atomic mass is 16.5. The lowest BCUT2D eigenvalue weighted by Gasteiger charge is -2.15. The summed E-state index contributed by atoms with van der Waals surface area (Å²) in [6, 6.07) is 8.13. The number of hydrogen-bond donors (Lipinski definition) is 3. The van der Waals surface area contributed by atoms with Gasteiger partial charge in [-0.3, -0.25) is 14.4 Å². The largest absolute Gasteiger partial charge is 0.445 e. The lowest BCUT2D eigenvalue weighted by Crippen LogP contribution is -2.48. The molecule has 1 aromatic rings. The molecule has 136 valence electrons. The Kier molecular flexibility index (Phi) is 8.70. The zero-order valence-electron chi connectivity index (χ0n) is 14.1. The van der Waals surface area contributed by atoms with Gasteiger partial charge in [0.05, 0.1) is 0 Å². The number of carbonyl (C=O) groups is 4. The van der Waals surface area contributed by atoms with Crippen LogP contribution in [-0.4, -0.2) is 36.3 Å². The lowest BCUT2D eigenvalue weighted by atomic mass is 10.1. The van der Waals surface area contributed by atoms with E-state index in [4.69, 9.17) is 10.5 Å². The highest BCUT2D eigenvalue weighted by molar-refractivity contribution is 5.89. The van der Waals surface area contributed by atoms with Gasteiger partial charge in [0.1, 0.15) is 25.0 Å². The van der Waals surface area contributed by atoms with Crippen LogP contribution in [0.25, 0.3) is 0 Å². The number of rotatable bonds is 10. The van der Waals surface area contributed by atoms with Crippen molar-refractivity contribution in [2.45, 2.75) is 38.8 Å². The minimum Gasteiger partial charge on any atom is -0.445 e. The molecule has 1 atom stereocenters. The fourth-order valence-electron chi connectivity index (χ4n) is 1.94. The van der Waals surface area contributed by atoms with Crippen molar-refractivity contribution in [2.24, 2.45) is 5.73 Å². The number of Topliss-reactive ketones (excluding diaryl/α,β-unsaturated/α-hetero) is 1. The van der Waals surface area contributed by atoms with E-state index in [9.17, 15) is 19.2 Å². The van der Waals surface area contributed by atoms with Crippen LogP contribution >= 0.6 is 0 Å². The maximum Gasteiger partial charge on any atom is 0.407 e. The molecule has 0 saturated carbocycles. The Bertz CT molecular complexity index is 604. The Morgan fingerprint density at radius 1 is 1.16 bits per heavy atom. The molecule has 0 unspecified atom stereocenters. The van der Waals surface area contributed by atoms with Gasteiger partial charge < -0.3 is 21.1 Å². The summed E-state index contributed by atoms with van der Waals surface area (Å²) >= 11 is 0. The van der Waals surface area contributed by atoms with Gasteiger partial charge in [-0.15, -0.1) is 0 Å². The minimum absolute atomic E-state index is 0.0249. The van der Waals surface area contributed by atoms with E-state index in [-0.39, 0.29) is 31.8 Å². The summed E-state index contributed by atoms with van der Waals surface area (Å²) in [4.78, 5) is 45.9. The number of alkyl carbamates (subject to hydrolysis) is 1. The summed E-state index contributed by atoms with van der Waals surface area (Å²) in [5.74, 6) is -1.35. The first-order valence-electron chi connectivity index (χ1n) is 7.97. The van der Waals surface area contributed by atoms with Crippen molar-refractivity contribution in [2.75, 3.05) is 6.54 Å². The fourth-order valence-corrected chi connectivity index (χ4v) is 1.94. The number of ketones is 1. The quantitative estimate of drug-likeness (QED) is 0.571. The molecule has 1 rings (SSSR count). The highest BCUT2D eigenvalue weighted by Crippen LogP contribution is 2.01. The van der Waals surface area contributed by atoms with Gasteiger partial charge >= 0.3 is 6.09 Å². The van der Waals surface area contributed by atoms with Crippen LogP contribution in [0.5, 0.6) is 0 Å². The van der Waals surface area contributed by atoms with Crippen molar-refractivity contribution < 1.29 is 23.9 Å². The number of nitrogens with two attached hydrogens (primary N) is 1. The van der Waals surface area contributed by atoms with Gasteiger partial charge in [-0.2, -0.15) is 0 Å². The van der Waals surface area contributed by atoms with Crippen LogP contribution < -0.4 is 16.4 Å². The van der Waals surface area contributed by atoms with Gasteiger partial charge in [0, 0.05) is 12.8 Å². The third-order valence-electron chi connectivity index (χ3n) is 3.39. The van der Waals surface area contributed by atoms with Gasteiger partial charge in [-0.05, 0) is 12.0 Å². The number of primary amides is 1. The molecule has 0 aliphatic heterocycles. The van der Waals surface area contributed by atoms with Crippen molar-refractivity contribution in [1.82, 2.24) is 10.6 Å². The topological polar surface area (TPSA) is 128 Å². The molecule has 0 fully saturated rings. The van der Waals surface area contributed by atoms with Gasteiger partial charge in [0.25, 0.3) is 0 Å². The molecule has 4 N–H and O–H groups in total. The number of carbonyl (C=O) groups excluding carboxylic acids is 4. The molecule has 0 aliphatic rings. The Hall–Kier alpha value is -2.90. The van der Waals surface area contributed by atoms with E-state index in [0.29, 0.717) is 6.42 Å². The second kappa shape index (κ2) is 10.8. The van der Waals surface area contributed by atoms with Crippen LogP contribution in [0.15, 0.2) is 30.3 Å². The van der Waals surface area contributed by atoms with E-state index >= 15 is 0 Å². The molecular weight excluding hydrogens is 326 g/mol. The first-order chi connectivity index (χ1) is 11.9. The van der Waals surface area contributed by atoms with Crippen LogP contribution in [0.2, 0.25) is 0 Å². The van der Waals surface area contributed by atoms with Crippen LogP contribution in [0.3, 0.4) is 0 Å². The van der Waals surface area contributed by atoms with Crippen molar-refractivity contribution >= 4 is 23.7 Å². The van der Waals surface area contributed by atoms with E-state index in [1.807, 2.05) is 18.2 Å². The molecular formula is C17H23N3O5. The van der Waals surface area contributed by atoms with Gasteiger partial charge in [0.15, 0.2) is 0 Å². The summed E-state index contributed by atoms with van der Waals surface area (Å²) in [5.41, 5.74) is 6.02. The van der Waals surface area contributed by atoms with E-state index in [2.05, 4.69) is 10.6 Å². The minimum atomic E-state index is -0.954. The predicted octanol–water partition coefficient (Wildman–Crippen LogP) is 0.642. The second-order valence-corrected chi connectivity index (χ2v) is 5.37. The van der Waals surface area contributed by atoms with Gasteiger partial charge in [-0.25, -0.2) is 4.79 Å². The number of amides is 3. The van der Waals surface area contributed by atoms with Crippen LogP contribution in [0, 0.1) is 0 Å². The average Bonchev–Trinajstić information content (AvgIpc) is 2.61. The molecule has 0 aliphatic carbocycles. The summed E-state index contributed by atoms with van der Waals surface area (Å²) in [6.07, 6.45) is -0.118. The average molecular weight is 349 g/mol. The van der Waals surface area contributed by atoms with E-state index < -0.39 is 23.9 Å². The van der Waals surface area contributed by atoms with E-state index in [0.717, 1.165) is 5.56 Å². The summed E-state index contributed by atoms with van der Waals surface area (Å²) in [5, 5.41) is 4.67. The first kappa shape index (κ1) is 20.1. The van der Waals surface area contributed by atoms with Crippen molar-refractivity contribution in [3.8, 4) is 0 Å². The van der Waals surface area contributed by atoms with Crippen LogP contribution in [-0.2, 0) is 25.7 Å². The zero-order chi connectivity index (χ0) is 18.7. The third kappa shape index (κ3) is 8.50. The lowest BCUT2D eigenvalue weighted by molar-refractivity contribution is -0.127. The molecule has 0 spiro atoms. The zero-order valence-corrected chi connectivity index (χ0v) is 14.1. The Morgan fingerprint density at radius 3 is 2.44 bits per heavy atom. The highest BCUT2D eigenvalue weighted by Gasteiger charge is 2.19. The normalized spacial score (nSPS) is 11.2. The van der Waals surface area contributed by atoms with E-state index in [1.54, 1.807) is 19.1 Å². The van der Waals surface area contributed by atoms with Gasteiger partial charge in [0.2, 0.25) is 11.8 Å². The maximum atomic E-state index is 11.8. The molecule has 1 aromatic carbocycles. The molecule has 0 heterocycles. The second-order valence-electron chi connectivity index (χ2n) is 5.37. The molecule has 0 aromatic heterocycles. The third-order valence-corrected chi connectivity index (χ3v) is 3.39. The molecule has 25 heavy (non-hydrogen) atoms. The number of nitrogens with one attached hydrogen (secondary N) is 2. The summed E-state index contributed by atoms with van der Waals surface area (Å²) in [6.45, 7) is 1.43. The predicted molar refractivity (Wildman–Crippen MR) is 90.3 cm³/mol. The molecule has 0 radical (unpaired) electrons. The summed E-state index contributed by atoms with van der Waals surface area (Å²) < 4.78 is 4.96. The first-order valence-corrected chi connectivity index (χ1v) is 7.97. The van der Waals surface area contributed by atoms with Crippen LogP contribution in [0.1, 0.15) is 31.7 Å². The Labute approximate surface area is 146 Å². The molecule has 8 heteroatoms. The molecule has 8 nitrogen and oxygen atoms in total. The van der Waals surface area contributed by atoms with Crippen molar-refractivity contribution in [1.29, 1.82) is 0 Å². The molecule has 3 amide bonds.